The Kier molecular flexibility index (Phi) is 6.20. The zero-order chi connectivity index (χ0) is 11.3. The molecule has 0 aromatic carbocycles. The predicted molar refractivity (Wildman–Crippen MR) is 72.8 cm³/mol. The highest BCUT2D eigenvalue weighted by atomic mass is 79.9. The summed E-state index contributed by atoms with van der Waals surface area (Å²) in [6.45, 7) is 6.18. The van der Waals surface area contributed by atoms with Crippen LogP contribution in [0.3, 0.4) is 0 Å². The van der Waals surface area contributed by atoms with E-state index in [2.05, 4.69) is 46.5 Å². The Hall–Kier alpha value is 0.430. The topological polar surface area (TPSA) is 12.0 Å². The highest BCUT2D eigenvalue weighted by Gasteiger charge is 2.07. The fourth-order valence-electron chi connectivity index (χ4n) is 1.39. The van der Waals surface area contributed by atoms with Crippen LogP contribution in [0, 0.1) is 5.92 Å². The van der Waals surface area contributed by atoms with Gasteiger partial charge in [0.15, 0.2) is 0 Å². The van der Waals surface area contributed by atoms with Crippen molar-refractivity contribution < 1.29 is 0 Å². The number of halogens is 2. The Morgan fingerprint density at radius 1 is 1.53 bits per heavy atom. The Morgan fingerprint density at radius 2 is 2.27 bits per heavy atom. The Labute approximate surface area is 109 Å². The monoisotopic (exact) mass is 309 g/mol. The molecule has 86 valence electrons. The lowest BCUT2D eigenvalue weighted by molar-refractivity contribution is 0.534. The van der Waals surface area contributed by atoms with Crippen molar-refractivity contribution in [2.24, 2.45) is 5.92 Å². The van der Waals surface area contributed by atoms with E-state index in [1.165, 1.54) is 9.35 Å². The van der Waals surface area contributed by atoms with Gasteiger partial charge in [-0.2, -0.15) is 0 Å². The van der Waals surface area contributed by atoms with Crippen molar-refractivity contribution in [2.45, 2.75) is 32.2 Å². The smallest absolute Gasteiger partial charge is 0.0463 e. The third kappa shape index (κ3) is 5.34. The van der Waals surface area contributed by atoms with Crippen molar-refractivity contribution in [2.75, 3.05) is 6.54 Å². The molecule has 1 rings (SSSR count). The maximum atomic E-state index is 6.18. The van der Waals surface area contributed by atoms with E-state index in [0.29, 0.717) is 5.92 Å². The summed E-state index contributed by atoms with van der Waals surface area (Å²) in [5, 5.41) is 5.71. The Morgan fingerprint density at radius 3 is 2.80 bits per heavy atom. The minimum atomic E-state index is 0.240. The summed E-state index contributed by atoms with van der Waals surface area (Å²) in [7, 11) is 0. The molecule has 0 spiro atoms. The fourth-order valence-corrected chi connectivity index (χ4v) is 3.32. The van der Waals surface area contributed by atoms with Crippen LogP contribution >= 0.6 is 38.9 Å². The molecule has 0 saturated heterocycles. The van der Waals surface area contributed by atoms with Crippen LogP contribution in [0.25, 0.3) is 0 Å². The van der Waals surface area contributed by atoms with Crippen LogP contribution in [-0.4, -0.2) is 11.9 Å². The molecule has 0 aliphatic rings. The molecule has 0 aliphatic heterocycles. The minimum Gasteiger partial charge on any atom is -0.310 e. The molecule has 1 nitrogen and oxygen atoms in total. The van der Waals surface area contributed by atoms with Crippen molar-refractivity contribution >= 4 is 38.9 Å². The first kappa shape index (κ1) is 13.5. The Balaban J connectivity index is 2.19. The van der Waals surface area contributed by atoms with Crippen molar-refractivity contribution in [1.29, 1.82) is 0 Å². The van der Waals surface area contributed by atoms with Gasteiger partial charge in [0.05, 0.1) is 0 Å². The summed E-state index contributed by atoms with van der Waals surface area (Å²) in [5.41, 5.74) is 0. The van der Waals surface area contributed by atoms with Gasteiger partial charge in [-0.3, -0.25) is 0 Å². The number of hydrogen-bond acceptors (Lipinski definition) is 2. The number of thiophene rings is 1. The van der Waals surface area contributed by atoms with E-state index in [1.54, 1.807) is 11.3 Å². The first-order chi connectivity index (χ1) is 7.09. The largest absolute Gasteiger partial charge is 0.310 e. The molecule has 1 heterocycles. The molecular weight excluding hydrogens is 294 g/mol. The second-order valence-corrected chi connectivity index (χ2v) is 6.52. The highest BCUT2D eigenvalue weighted by Crippen LogP contribution is 2.22. The van der Waals surface area contributed by atoms with Crippen LogP contribution in [0.4, 0.5) is 0 Å². The molecule has 0 fully saturated rings. The summed E-state index contributed by atoms with van der Waals surface area (Å²) >= 11 is 11.5. The summed E-state index contributed by atoms with van der Waals surface area (Å²) in [6.07, 6.45) is 1.07. The van der Waals surface area contributed by atoms with Crippen molar-refractivity contribution in [1.82, 2.24) is 5.32 Å². The van der Waals surface area contributed by atoms with Crippen LogP contribution < -0.4 is 5.32 Å². The molecule has 1 aromatic heterocycles. The lowest BCUT2D eigenvalue weighted by Crippen LogP contribution is -2.23. The molecule has 0 amide bonds. The maximum Gasteiger partial charge on any atom is 0.0463 e. The fraction of sp³-hybridized carbons (Fsp3) is 0.636. The lowest BCUT2D eigenvalue weighted by atomic mass is 10.1. The molecule has 4 heteroatoms. The summed E-state index contributed by atoms with van der Waals surface area (Å²) in [4.78, 5) is 1.34. The van der Waals surface area contributed by atoms with E-state index in [9.17, 15) is 0 Å². The predicted octanol–water partition coefficient (Wildman–Crippen LogP) is 4.25. The third-order valence-corrected chi connectivity index (χ3v) is 4.33. The first-order valence-electron chi connectivity index (χ1n) is 5.16. The standard InChI is InChI=1S/C11H17BrClNS/c1-8(2)5-9(13)6-14-7-11-10(12)3-4-15-11/h3-4,8-9,14H,5-7H2,1-2H3. The average Bonchev–Trinajstić information content (AvgIpc) is 2.50. The van der Waals surface area contributed by atoms with E-state index in [4.69, 9.17) is 11.6 Å². The van der Waals surface area contributed by atoms with E-state index in [0.717, 1.165) is 19.5 Å². The second-order valence-electron chi connectivity index (χ2n) is 4.05. The van der Waals surface area contributed by atoms with Crippen LogP contribution in [0.1, 0.15) is 25.1 Å². The number of alkyl halides is 1. The van der Waals surface area contributed by atoms with E-state index < -0.39 is 0 Å². The van der Waals surface area contributed by atoms with E-state index in [1.807, 2.05) is 0 Å². The van der Waals surface area contributed by atoms with Crippen molar-refractivity contribution in [3.63, 3.8) is 0 Å². The first-order valence-corrected chi connectivity index (χ1v) is 7.27. The Bertz CT molecular complexity index is 288. The quantitative estimate of drug-likeness (QED) is 0.774. The number of hydrogen-bond donors (Lipinski definition) is 1. The zero-order valence-electron chi connectivity index (χ0n) is 9.09. The lowest BCUT2D eigenvalue weighted by Gasteiger charge is -2.12. The van der Waals surface area contributed by atoms with Crippen LogP contribution in [0.15, 0.2) is 15.9 Å². The molecule has 1 N–H and O–H groups in total. The van der Waals surface area contributed by atoms with Gasteiger partial charge in [-0.05, 0) is 39.7 Å². The van der Waals surface area contributed by atoms with Gasteiger partial charge in [-0.25, -0.2) is 0 Å². The van der Waals surface area contributed by atoms with Gasteiger partial charge in [0.1, 0.15) is 0 Å². The zero-order valence-corrected chi connectivity index (χ0v) is 12.3. The minimum absolute atomic E-state index is 0.240. The van der Waals surface area contributed by atoms with Gasteiger partial charge in [-0.1, -0.05) is 13.8 Å². The SMILES string of the molecule is CC(C)CC(Cl)CNCc1sccc1Br. The second kappa shape index (κ2) is 6.89. The summed E-state index contributed by atoms with van der Waals surface area (Å²) < 4.78 is 1.19. The molecule has 1 unspecified atom stereocenters. The number of nitrogens with one attached hydrogen (secondary N) is 1. The molecule has 1 aromatic rings. The van der Waals surface area contributed by atoms with Crippen molar-refractivity contribution in [3.05, 3.63) is 20.8 Å². The van der Waals surface area contributed by atoms with Gasteiger partial charge in [-0.15, -0.1) is 22.9 Å². The number of rotatable bonds is 6. The molecule has 0 saturated carbocycles. The summed E-state index contributed by atoms with van der Waals surface area (Å²) in [6, 6.07) is 2.08. The van der Waals surface area contributed by atoms with Gasteiger partial charge >= 0.3 is 0 Å². The molecule has 1 atom stereocenters. The molecule has 0 bridgehead atoms. The normalized spacial score (nSPS) is 13.4. The van der Waals surface area contributed by atoms with Gasteiger partial charge in [0.25, 0.3) is 0 Å². The van der Waals surface area contributed by atoms with E-state index >= 15 is 0 Å². The van der Waals surface area contributed by atoms with Crippen LogP contribution in [0.5, 0.6) is 0 Å². The van der Waals surface area contributed by atoms with Crippen LogP contribution in [0.2, 0.25) is 0 Å². The molecule has 15 heavy (non-hydrogen) atoms. The van der Waals surface area contributed by atoms with E-state index in [-0.39, 0.29) is 5.38 Å². The molecule has 0 aliphatic carbocycles. The van der Waals surface area contributed by atoms with Gasteiger partial charge in [0, 0.05) is 27.8 Å². The van der Waals surface area contributed by atoms with Crippen LogP contribution in [-0.2, 0) is 6.54 Å². The average molecular weight is 311 g/mol. The summed E-state index contributed by atoms with van der Waals surface area (Å²) in [5.74, 6) is 0.669. The van der Waals surface area contributed by atoms with Gasteiger partial charge in [0.2, 0.25) is 0 Å². The van der Waals surface area contributed by atoms with Crippen molar-refractivity contribution in [3.8, 4) is 0 Å². The maximum absolute atomic E-state index is 6.18. The molecule has 0 radical (unpaired) electrons. The highest BCUT2D eigenvalue weighted by molar-refractivity contribution is 9.10. The van der Waals surface area contributed by atoms with Gasteiger partial charge < -0.3 is 5.32 Å². The third-order valence-electron chi connectivity index (χ3n) is 2.07. The molecular formula is C11H17BrClNS.